The lowest BCUT2D eigenvalue weighted by Crippen LogP contribution is -2.27. The third-order valence-electron chi connectivity index (χ3n) is 1.37. The van der Waals surface area contributed by atoms with Gasteiger partial charge in [-0.2, -0.15) is 0 Å². The van der Waals surface area contributed by atoms with Gasteiger partial charge in [0.1, 0.15) is 0 Å². The van der Waals surface area contributed by atoms with Crippen LogP contribution >= 0.6 is 0 Å². The Balaban J connectivity index is 3.18. The van der Waals surface area contributed by atoms with E-state index in [4.69, 9.17) is 0 Å². The average molecular weight is 233 g/mol. The Labute approximate surface area is 83.5 Å². The highest BCUT2D eigenvalue weighted by Gasteiger charge is 2.28. The van der Waals surface area contributed by atoms with Crippen LogP contribution in [0.5, 0.6) is 0 Å². The second-order valence-corrected chi connectivity index (χ2v) is 4.34. The van der Waals surface area contributed by atoms with E-state index in [1.165, 1.54) is 0 Å². The summed E-state index contributed by atoms with van der Waals surface area (Å²) >= 11 is 0. The quantitative estimate of drug-likeness (QED) is 0.663. The molecule has 1 N–H and O–H groups in total. The van der Waals surface area contributed by atoms with Gasteiger partial charge in [0.05, 0.1) is 6.61 Å². The van der Waals surface area contributed by atoms with Gasteiger partial charge in [-0.3, -0.25) is 8.95 Å². The van der Waals surface area contributed by atoms with Gasteiger partial charge < -0.3 is 5.32 Å². The van der Waals surface area contributed by atoms with Crippen molar-refractivity contribution in [2.45, 2.75) is 13.3 Å². The van der Waals surface area contributed by atoms with Crippen LogP contribution < -0.4 is 5.32 Å². The maximum absolute atomic E-state index is 11.4. The van der Waals surface area contributed by atoms with Crippen LogP contribution in [0, 0.1) is 0 Å². The first-order valence-electron chi connectivity index (χ1n) is 4.22. The maximum Gasteiger partial charge on any atom is 0.522 e. The predicted octanol–water partition coefficient (Wildman–Crippen LogP) is 0.881. The van der Waals surface area contributed by atoms with Gasteiger partial charge in [0, 0.05) is 35.4 Å². The van der Waals surface area contributed by atoms with E-state index in [2.05, 4.69) is 10.1 Å². The summed E-state index contributed by atoms with van der Waals surface area (Å²) in [6, 6.07) is 0. The van der Waals surface area contributed by atoms with Crippen molar-refractivity contribution in [1.82, 2.24) is 5.32 Å². The van der Waals surface area contributed by atoms with Crippen LogP contribution in [0.25, 0.3) is 0 Å². The number of nitrogens with one attached hydrogen (secondary N) is 1. The summed E-state index contributed by atoms with van der Waals surface area (Å²) in [5.41, 5.74) is 0. The molecule has 0 heterocycles. The largest absolute Gasteiger partial charge is 0.522 e. The highest BCUT2D eigenvalue weighted by atomic mass is 32.2. The van der Waals surface area contributed by atoms with E-state index in [0.717, 1.165) is 0 Å². The molecule has 7 heteroatoms. The molecule has 14 heavy (non-hydrogen) atoms. The van der Waals surface area contributed by atoms with Crippen LogP contribution in [0.15, 0.2) is 0 Å². The minimum Gasteiger partial charge on any atom is -0.314 e. The molecule has 86 valence electrons. The SMILES string of the molecule is CCS(=O)CCNCCOC(F)(F)F. The lowest BCUT2D eigenvalue weighted by Gasteiger charge is -2.07. The number of ether oxygens (including phenoxy) is 1. The Morgan fingerprint density at radius 3 is 2.50 bits per heavy atom. The molecule has 0 aromatic heterocycles. The minimum atomic E-state index is -4.56. The van der Waals surface area contributed by atoms with Gasteiger partial charge in [0.2, 0.25) is 0 Å². The zero-order valence-electron chi connectivity index (χ0n) is 7.89. The number of rotatable bonds is 7. The molecule has 0 saturated carbocycles. The van der Waals surface area contributed by atoms with E-state index in [0.29, 0.717) is 18.1 Å². The van der Waals surface area contributed by atoms with Gasteiger partial charge in [-0.25, -0.2) is 0 Å². The minimum absolute atomic E-state index is 0.112. The Bertz CT molecular complexity index is 175. The molecule has 1 unspecified atom stereocenters. The van der Waals surface area contributed by atoms with E-state index < -0.39 is 23.8 Å². The van der Waals surface area contributed by atoms with Gasteiger partial charge in [-0.15, -0.1) is 13.2 Å². The summed E-state index contributed by atoms with van der Waals surface area (Å²) in [6.07, 6.45) is -4.56. The van der Waals surface area contributed by atoms with Crippen LogP contribution in [0.2, 0.25) is 0 Å². The van der Waals surface area contributed by atoms with Crippen molar-refractivity contribution in [3.8, 4) is 0 Å². The van der Waals surface area contributed by atoms with E-state index >= 15 is 0 Å². The van der Waals surface area contributed by atoms with E-state index in [1.807, 2.05) is 0 Å². The first-order chi connectivity index (χ1) is 6.45. The zero-order valence-corrected chi connectivity index (χ0v) is 8.71. The first kappa shape index (κ1) is 13.9. The highest BCUT2D eigenvalue weighted by Crippen LogP contribution is 2.14. The normalized spacial score (nSPS) is 14.3. The van der Waals surface area contributed by atoms with Crippen molar-refractivity contribution in [3.05, 3.63) is 0 Å². The molecule has 0 spiro atoms. The van der Waals surface area contributed by atoms with E-state index in [1.54, 1.807) is 6.92 Å². The fraction of sp³-hybridized carbons (Fsp3) is 1.00. The fourth-order valence-corrected chi connectivity index (χ4v) is 1.35. The zero-order chi connectivity index (χ0) is 11.0. The molecule has 0 fully saturated rings. The summed E-state index contributed by atoms with van der Waals surface area (Å²) in [5.74, 6) is 1.03. The van der Waals surface area contributed by atoms with Crippen LogP contribution in [0.3, 0.4) is 0 Å². The van der Waals surface area contributed by atoms with Gasteiger partial charge in [0.25, 0.3) is 0 Å². The highest BCUT2D eigenvalue weighted by molar-refractivity contribution is 7.84. The molecule has 0 rings (SSSR count). The molecule has 1 atom stereocenters. The summed E-state index contributed by atoms with van der Waals surface area (Å²) in [7, 11) is -0.875. The van der Waals surface area contributed by atoms with E-state index in [-0.39, 0.29) is 6.54 Å². The smallest absolute Gasteiger partial charge is 0.314 e. The van der Waals surface area contributed by atoms with Crippen molar-refractivity contribution in [2.24, 2.45) is 0 Å². The van der Waals surface area contributed by atoms with Crippen molar-refractivity contribution in [1.29, 1.82) is 0 Å². The standard InChI is InChI=1S/C7H14F3NO2S/c1-2-14(12)6-4-11-3-5-13-7(8,9)10/h11H,2-6H2,1H3. The molecule has 0 saturated heterocycles. The molecule has 0 aromatic carbocycles. The lowest BCUT2D eigenvalue weighted by molar-refractivity contribution is -0.323. The fourth-order valence-electron chi connectivity index (χ4n) is 0.694. The molecule has 0 aliphatic heterocycles. The predicted molar refractivity (Wildman–Crippen MR) is 48.4 cm³/mol. The van der Waals surface area contributed by atoms with Gasteiger partial charge in [-0.1, -0.05) is 6.92 Å². The Kier molecular flexibility index (Phi) is 7.12. The molecule has 0 aliphatic carbocycles. The lowest BCUT2D eigenvalue weighted by atomic mass is 10.6. The van der Waals surface area contributed by atoms with Crippen LogP contribution in [-0.4, -0.2) is 41.8 Å². The number of alkyl halides is 3. The number of hydrogen-bond donors (Lipinski definition) is 1. The van der Waals surface area contributed by atoms with Gasteiger partial charge >= 0.3 is 6.36 Å². The van der Waals surface area contributed by atoms with Crippen molar-refractivity contribution < 1.29 is 22.1 Å². The topological polar surface area (TPSA) is 38.3 Å². The molecule has 3 nitrogen and oxygen atoms in total. The number of halogens is 3. The summed E-state index contributed by atoms with van der Waals surface area (Å²) in [6.45, 7) is 1.94. The van der Waals surface area contributed by atoms with Gasteiger partial charge in [-0.05, 0) is 0 Å². The summed E-state index contributed by atoms with van der Waals surface area (Å²) in [4.78, 5) is 0. The molecular weight excluding hydrogens is 219 g/mol. The molecule has 0 bridgehead atoms. The second kappa shape index (κ2) is 7.19. The number of hydrogen-bond acceptors (Lipinski definition) is 3. The van der Waals surface area contributed by atoms with Crippen LogP contribution in [0.4, 0.5) is 13.2 Å². The monoisotopic (exact) mass is 233 g/mol. The molecule has 0 amide bonds. The Morgan fingerprint density at radius 2 is 2.00 bits per heavy atom. The first-order valence-corrected chi connectivity index (χ1v) is 5.71. The summed E-state index contributed by atoms with van der Waals surface area (Å²) < 4.78 is 48.7. The Hall–Kier alpha value is -0.140. The van der Waals surface area contributed by atoms with Crippen molar-refractivity contribution >= 4 is 10.8 Å². The third kappa shape index (κ3) is 9.94. The average Bonchev–Trinajstić information content (AvgIpc) is 2.08. The molecular formula is C7H14F3NO2S. The third-order valence-corrected chi connectivity index (χ3v) is 2.68. The second-order valence-electron chi connectivity index (χ2n) is 2.48. The molecule has 0 radical (unpaired) electrons. The van der Waals surface area contributed by atoms with E-state index in [9.17, 15) is 17.4 Å². The Morgan fingerprint density at radius 1 is 1.36 bits per heavy atom. The molecule has 0 aliphatic rings. The molecule has 0 aromatic rings. The van der Waals surface area contributed by atoms with Gasteiger partial charge in [0.15, 0.2) is 0 Å². The van der Waals surface area contributed by atoms with Crippen molar-refractivity contribution in [3.63, 3.8) is 0 Å². The summed E-state index contributed by atoms with van der Waals surface area (Å²) in [5, 5.41) is 2.71. The van der Waals surface area contributed by atoms with Crippen LogP contribution in [-0.2, 0) is 15.5 Å². The van der Waals surface area contributed by atoms with Crippen LogP contribution in [0.1, 0.15) is 6.92 Å². The van der Waals surface area contributed by atoms with Crippen molar-refractivity contribution in [2.75, 3.05) is 31.2 Å². The maximum atomic E-state index is 11.4.